The van der Waals surface area contributed by atoms with Crippen LogP contribution in [0.25, 0.3) is 0 Å². The summed E-state index contributed by atoms with van der Waals surface area (Å²) in [4.78, 5) is 45.4. The van der Waals surface area contributed by atoms with Crippen LogP contribution in [0.2, 0.25) is 0 Å². The molecule has 6 heteroatoms. The lowest BCUT2D eigenvalue weighted by Crippen LogP contribution is -2.54. The molecule has 182 valence electrons. The lowest BCUT2D eigenvalue weighted by molar-refractivity contribution is -0.135. The first-order valence-electron chi connectivity index (χ1n) is 12.7. The van der Waals surface area contributed by atoms with Gasteiger partial charge in [-0.1, -0.05) is 42.5 Å². The molecular weight excluding hydrogens is 450 g/mol. The Morgan fingerprint density at radius 2 is 1.44 bits per heavy atom. The Morgan fingerprint density at radius 3 is 2.17 bits per heavy atom. The van der Waals surface area contributed by atoms with Crippen molar-refractivity contribution in [2.75, 3.05) is 37.6 Å². The van der Waals surface area contributed by atoms with Gasteiger partial charge in [0.05, 0.1) is 12.0 Å². The molecule has 0 spiro atoms. The van der Waals surface area contributed by atoms with E-state index in [-0.39, 0.29) is 23.6 Å². The van der Waals surface area contributed by atoms with Crippen LogP contribution in [0, 0.1) is 0 Å². The molecule has 3 aromatic rings. The van der Waals surface area contributed by atoms with Crippen molar-refractivity contribution in [2.24, 2.45) is 0 Å². The molecule has 0 saturated carbocycles. The minimum atomic E-state index is -0.415. The van der Waals surface area contributed by atoms with E-state index in [1.165, 1.54) is 5.56 Å². The average molecular weight is 480 g/mol. The smallest absolute Gasteiger partial charge is 0.254 e. The molecule has 0 aromatic heterocycles. The Morgan fingerprint density at radius 1 is 0.778 bits per heavy atom. The van der Waals surface area contributed by atoms with E-state index in [2.05, 4.69) is 17.0 Å². The molecule has 0 N–H and O–H groups in total. The van der Waals surface area contributed by atoms with E-state index >= 15 is 0 Å². The first-order valence-corrected chi connectivity index (χ1v) is 12.7. The highest BCUT2D eigenvalue weighted by atomic mass is 16.2. The van der Waals surface area contributed by atoms with E-state index < -0.39 is 5.92 Å². The number of nitrogens with zero attached hydrogens (tertiary/aromatic N) is 3. The number of ketones is 1. The molecule has 1 saturated heterocycles. The molecule has 36 heavy (non-hydrogen) atoms. The predicted molar refractivity (Wildman–Crippen MR) is 138 cm³/mol. The molecule has 0 bridgehead atoms. The summed E-state index contributed by atoms with van der Waals surface area (Å²) in [6, 6.07) is 23.3. The molecule has 2 atom stereocenters. The number of hydrogen-bond donors (Lipinski definition) is 0. The van der Waals surface area contributed by atoms with Crippen LogP contribution in [0.4, 0.5) is 5.69 Å². The number of hydrogen-bond acceptors (Lipinski definition) is 4. The number of fused-ring (bicyclic) bond motifs is 4. The van der Waals surface area contributed by atoms with E-state index in [1.807, 2.05) is 70.5 Å². The molecule has 0 aliphatic carbocycles. The average Bonchev–Trinajstić information content (AvgIpc) is 2.93. The molecule has 1 fully saturated rings. The predicted octanol–water partition coefficient (Wildman–Crippen LogP) is 4.07. The number of piperazine rings is 1. The minimum Gasteiger partial charge on any atom is -0.368 e. The van der Waals surface area contributed by atoms with Crippen LogP contribution < -0.4 is 4.90 Å². The second-order valence-corrected chi connectivity index (χ2v) is 9.87. The van der Waals surface area contributed by atoms with E-state index in [0.29, 0.717) is 30.8 Å². The summed E-state index contributed by atoms with van der Waals surface area (Å²) >= 11 is 0. The number of rotatable bonds is 3. The first-order chi connectivity index (χ1) is 17.5. The normalized spacial score (nSPS) is 20.9. The third-order valence-electron chi connectivity index (χ3n) is 7.93. The molecular formula is C30H29N3O3. The second kappa shape index (κ2) is 8.94. The van der Waals surface area contributed by atoms with Crippen LogP contribution in [-0.4, -0.2) is 60.1 Å². The molecule has 2 amide bonds. The van der Waals surface area contributed by atoms with Gasteiger partial charge in [-0.2, -0.15) is 0 Å². The fraction of sp³-hybridized carbons (Fsp3) is 0.300. The Hall–Kier alpha value is -3.93. The van der Waals surface area contributed by atoms with Gasteiger partial charge in [-0.25, -0.2) is 0 Å². The molecule has 6 rings (SSSR count). The Labute approximate surface area is 211 Å². The van der Waals surface area contributed by atoms with Crippen molar-refractivity contribution in [3.63, 3.8) is 0 Å². The number of benzene rings is 3. The third kappa shape index (κ3) is 3.68. The summed E-state index contributed by atoms with van der Waals surface area (Å²) in [6.07, 6.45) is 0.808. The first kappa shape index (κ1) is 22.5. The van der Waals surface area contributed by atoms with Gasteiger partial charge in [0.25, 0.3) is 5.91 Å². The molecule has 2 unspecified atom stereocenters. The van der Waals surface area contributed by atoms with E-state index in [1.54, 1.807) is 6.92 Å². The van der Waals surface area contributed by atoms with Crippen molar-refractivity contribution in [1.29, 1.82) is 0 Å². The summed E-state index contributed by atoms with van der Waals surface area (Å²) in [5.74, 6) is -0.246. The van der Waals surface area contributed by atoms with Crippen molar-refractivity contribution in [3.05, 3.63) is 101 Å². The molecule has 3 aliphatic heterocycles. The highest BCUT2D eigenvalue weighted by molar-refractivity contribution is 6.01. The molecule has 3 aliphatic rings. The summed E-state index contributed by atoms with van der Waals surface area (Å²) in [5, 5.41) is 0. The Bertz CT molecular complexity index is 1340. The lowest BCUT2D eigenvalue weighted by atomic mass is 9.75. The highest BCUT2D eigenvalue weighted by Crippen LogP contribution is 2.46. The standard InChI is InChI=1S/C30H29N3O3/c1-20(34)21-10-12-23(13-11-21)31-16-18-32(19-17-31)30(36)27-25-8-4-5-9-26(25)29(35)33-15-14-22-6-2-3-7-24(22)28(27)33/h2-13,27-28H,14-19H2,1H3. The number of anilines is 1. The number of carbonyl (C=O) groups excluding carboxylic acids is 3. The zero-order valence-corrected chi connectivity index (χ0v) is 20.4. The maximum Gasteiger partial charge on any atom is 0.254 e. The Balaban J connectivity index is 1.29. The maximum atomic E-state index is 14.2. The van der Waals surface area contributed by atoms with Crippen molar-refractivity contribution in [2.45, 2.75) is 25.3 Å². The molecule has 6 nitrogen and oxygen atoms in total. The second-order valence-electron chi connectivity index (χ2n) is 9.87. The van der Waals surface area contributed by atoms with Gasteiger partial charge in [-0.3, -0.25) is 14.4 Å². The van der Waals surface area contributed by atoms with Crippen LogP contribution in [0.3, 0.4) is 0 Å². The quantitative estimate of drug-likeness (QED) is 0.532. The van der Waals surface area contributed by atoms with Gasteiger partial charge in [0.2, 0.25) is 5.91 Å². The van der Waals surface area contributed by atoms with Crippen molar-refractivity contribution >= 4 is 23.3 Å². The SMILES string of the molecule is CC(=O)c1ccc(N2CCN(C(=O)C3c4ccccc4C(=O)N4CCc5ccccc5C34)CC2)cc1. The third-order valence-corrected chi connectivity index (χ3v) is 7.93. The van der Waals surface area contributed by atoms with E-state index in [4.69, 9.17) is 0 Å². The van der Waals surface area contributed by atoms with E-state index in [0.717, 1.165) is 36.3 Å². The van der Waals surface area contributed by atoms with Crippen molar-refractivity contribution in [1.82, 2.24) is 9.80 Å². The van der Waals surface area contributed by atoms with Gasteiger partial charge >= 0.3 is 0 Å². The molecule has 3 aromatic carbocycles. The fourth-order valence-electron chi connectivity index (χ4n) is 6.03. The van der Waals surface area contributed by atoms with Crippen LogP contribution in [0.15, 0.2) is 72.8 Å². The van der Waals surface area contributed by atoms with E-state index in [9.17, 15) is 14.4 Å². The van der Waals surface area contributed by atoms with Crippen molar-refractivity contribution < 1.29 is 14.4 Å². The zero-order chi connectivity index (χ0) is 24.8. The zero-order valence-electron chi connectivity index (χ0n) is 20.4. The monoisotopic (exact) mass is 479 g/mol. The summed E-state index contributed by atoms with van der Waals surface area (Å²) in [5.41, 5.74) is 5.57. The number of carbonyl (C=O) groups is 3. The van der Waals surface area contributed by atoms with Crippen molar-refractivity contribution in [3.8, 4) is 0 Å². The summed E-state index contributed by atoms with van der Waals surface area (Å²) < 4.78 is 0. The topological polar surface area (TPSA) is 60.9 Å². The number of amides is 2. The summed E-state index contributed by atoms with van der Waals surface area (Å²) in [7, 11) is 0. The maximum absolute atomic E-state index is 14.2. The van der Waals surface area contributed by atoms with Gasteiger partial charge in [-0.15, -0.1) is 0 Å². The minimum absolute atomic E-state index is 0.0213. The van der Waals surface area contributed by atoms with Crippen LogP contribution in [-0.2, 0) is 11.2 Å². The van der Waals surface area contributed by atoms with Gasteiger partial charge in [0, 0.05) is 49.5 Å². The largest absolute Gasteiger partial charge is 0.368 e. The Kier molecular flexibility index (Phi) is 5.59. The van der Waals surface area contributed by atoms with Gasteiger partial charge in [0.15, 0.2) is 5.78 Å². The highest BCUT2D eigenvalue weighted by Gasteiger charge is 2.47. The molecule has 3 heterocycles. The number of Topliss-reactive ketones (excluding diaryl/α,β-unsaturated/α-hetero) is 1. The van der Waals surface area contributed by atoms with Gasteiger partial charge in [-0.05, 0) is 60.4 Å². The molecule has 0 radical (unpaired) electrons. The fourth-order valence-corrected chi connectivity index (χ4v) is 6.03. The lowest BCUT2D eigenvalue weighted by Gasteiger charge is -2.47. The van der Waals surface area contributed by atoms with Gasteiger partial charge < -0.3 is 14.7 Å². The van der Waals surface area contributed by atoms with Crippen LogP contribution >= 0.6 is 0 Å². The van der Waals surface area contributed by atoms with Gasteiger partial charge in [0.1, 0.15) is 0 Å². The summed E-state index contributed by atoms with van der Waals surface area (Å²) in [6.45, 7) is 4.89. The van der Waals surface area contributed by atoms with Crippen LogP contribution in [0.1, 0.15) is 56.3 Å². The van der Waals surface area contributed by atoms with Crippen LogP contribution in [0.5, 0.6) is 0 Å².